The van der Waals surface area contributed by atoms with Gasteiger partial charge >= 0.3 is 0 Å². The Morgan fingerprint density at radius 1 is 0.872 bits per heavy atom. The third-order valence-corrected chi connectivity index (χ3v) is 6.75. The van der Waals surface area contributed by atoms with E-state index in [-0.39, 0.29) is 30.2 Å². The minimum Gasteiger partial charge on any atom is -0.508 e. The van der Waals surface area contributed by atoms with E-state index in [9.17, 15) is 19.8 Å². The summed E-state index contributed by atoms with van der Waals surface area (Å²) in [5, 5.41) is 27.0. The molecule has 3 atom stereocenters. The molecule has 0 saturated carbocycles. The Hall–Kier alpha value is -3.68. The smallest absolute Gasteiger partial charge is 0.253 e. The predicted octanol–water partition coefficient (Wildman–Crippen LogP) is 4.71. The summed E-state index contributed by atoms with van der Waals surface area (Å²) in [4.78, 5) is 28.3. The lowest BCUT2D eigenvalue weighted by Crippen LogP contribution is -2.49. The van der Waals surface area contributed by atoms with Gasteiger partial charge in [0.15, 0.2) is 0 Å². The van der Waals surface area contributed by atoms with Gasteiger partial charge in [-0.3, -0.25) is 9.59 Å². The van der Waals surface area contributed by atoms with Gasteiger partial charge < -0.3 is 25.7 Å². The first-order chi connectivity index (χ1) is 18.8. The van der Waals surface area contributed by atoms with Crippen LogP contribution in [-0.2, 0) is 6.42 Å². The Bertz CT molecular complexity index is 1180. The fourth-order valence-corrected chi connectivity index (χ4v) is 4.55. The lowest BCUT2D eigenvalue weighted by atomic mass is 9.99. The maximum absolute atomic E-state index is 13.3. The molecule has 39 heavy (non-hydrogen) atoms. The summed E-state index contributed by atoms with van der Waals surface area (Å²) in [7, 11) is 0. The Morgan fingerprint density at radius 2 is 1.51 bits per heavy atom. The molecule has 0 radical (unpaired) electrons. The summed E-state index contributed by atoms with van der Waals surface area (Å²) in [6, 6.07) is 22.8. The number of phenolic OH excluding ortho intramolecular Hbond substituents is 1. The van der Waals surface area contributed by atoms with Gasteiger partial charge in [-0.2, -0.15) is 0 Å². The van der Waals surface area contributed by atoms with E-state index in [0.29, 0.717) is 30.6 Å². The molecule has 3 aromatic carbocycles. The summed E-state index contributed by atoms with van der Waals surface area (Å²) in [5.74, 6) is -0.221. The standard InChI is InChI=1S/C32H41N3O4/c1-4-18-35(19-5-2)32(39)27-13-9-12-26(21-27)31(38)34-29(20-24-10-7-6-8-11-24)30(37)22-33-23(3)25-14-16-28(36)17-15-25/h6-17,21,23,29-30,33,36-37H,4-5,18-20,22H2,1-3H3,(H,34,38)/t23?,29-,30+/m0/s1. The van der Waals surface area contributed by atoms with Gasteiger partial charge in [-0.15, -0.1) is 0 Å². The highest BCUT2D eigenvalue weighted by molar-refractivity contribution is 5.99. The van der Waals surface area contributed by atoms with Crippen molar-refractivity contribution in [2.75, 3.05) is 19.6 Å². The molecule has 0 aromatic heterocycles. The summed E-state index contributed by atoms with van der Waals surface area (Å²) in [5.41, 5.74) is 2.83. The Kier molecular flexibility index (Phi) is 11.5. The molecule has 0 heterocycles. The first-order valence-electron chi connectivity index (χ1n) is 13.8. The van der Waals surface area contributed by atoms with Gasteiger partial charge in [-0.05, 0) is 67.6 Å². The molecule has 4 N–H and O–H groups in total. The minimum atomic E-state index is -0.872. The van der Waals surface area contributed by atoms with Crippen LogP contribution >= 0.6 is 0 Å². The van der Waals surface area contributed by atoms with Crippen molar-refractivity contribution >= 4 is 11.8 Å². The van der Waals surface area contributed by atoms with Crippen molar-refractivity contribution in [1.29, 1.82) is 0 Å². The molecule has 208 valence electrons. The highest BCUT2D eigenvalue weighted by atomic mass is 16.3. The third kappa shape index (κ3) is 8.94. The van der Waals surface area contributed by atoms with Crippen LogP contribution in [0.5, 0.6) is 5.75 Å². The van der Waals surface area contributed by atoms with Gasteiger partial charge in [-0.1, -0.05) is 62.4 Å². The number of aliphatic hydroxyl groups excluding tert-OH is 1. The van der Waals surface area contributed by atoms with Gasteiger partial charge in [0.2, 0.25) is 0 Å². The Labute approximate surface area is 231 Å². The van der Waals surface area contributed by atoms with Crippen LogP contribution in [0.4, 0.5) is 0 Å². The predicted molar refractivity (Wildman–Crippen MR) is 155 cm³/mol. The number of phenols is 1. The lowest BCUT2D eigenvalue weighted by molar-refractivity contribution is 0.0755. The molecule has 1 unspecified atom stereocenters. The van der Waals surface area contributed by atoms with Crippen LogP contribution in [0, 0.1) is 0 Å². The number of benzene rings is 3. The number of nitrogens with zero attached hydrogens (tertiary/aromatic N) is 1. The molecule has 0 aliphatic heterocycles. The number of nitrogens with one attached hydrogen (secondary N) is 2. The van der Waals surface area contributed by atoms with Crippen LogP contribution in [-0.4, -0.2) is 58.7 Å². The third-order valence-electron chi connectivity index (χ3n) is 6.75. The minimum absolute atomic E-state index is 0.0646. The molecule has 0 aliphatic carbocycles. The molecule has 0 saturated heterocycles. The monoisotopic (exact) mass is 531 g/mol. The molecule has 3 rings (SSSR count). The fourth-order valence-electron chi connectivity index (χ4n) is 4.55. The van der Waals surface area contributed by atoms with E-state index < -0.39 is 12.1 Å². The van der Waals surface area contributed by atoms with Crippen molar-refractivity contribution in [2.24, 2.45) is 0 Å². The highest BCUT2D eigenvalue weighted by Crippen LogP contribution is 2.17. The van der Waals surface area contributed by atoms with Gasteiger partial charge in [0, 0.05) is 36.8 Å². The summed E-state index contributed by atoms with van der Waals surface area (Å²) < 4.78 is 0. The largest absolute Gasteiger partial charge is 0.508 e. The molecule has 7 nitrogen and oxygen atoms in total. The Balaban J connectivity index is 1.73. The molecular formula is C32H41N3O4. The molecule has 2 amide bonds. The van der Waals surface area contributed by atoms with E-state index in [1.54, 1.807) is 36.4 Å². The Morgan fingerprint density at radius 3 is 2.15 bits per heavy atom. The quantitative estimate of drug-likeness (QED) is 0.241. The average molecular weight is 532 g/mol. The highest BCUT2D eigenvalue weighted by Gasteiger charge is 2.24. The average Bonchev–Trinajstić information content (AvgIpc) is 2.95. The summed E-state index contributed by atoms with van der Waals surface area (Å²) >= 11 is 0. The normalized spacial score (nSPS) is 13.3. The number of hydrogen-bond acceptors (Lipinski definition) is 5. The van der Waals surface area contributed by atoms with Crippen LogP contribution < -0.4 is 10.6 Å². The van der Waals surface area contributed by atoms with E-state index in [1.807, 2.05) is 68.1 Å². The van der Waals surface area contributed by atoms with E-state index in [0.717, 1.165) is 24.0 Å². The van der Waals surface area contributed by atoms with Gasteiger partial charge in [0.1, 0.15) is 5.75 Å². The van der Waals surface area contributed by atoms with Crippen molar-refractivity contribution < 1.29 is 19.8 Å². The van der Waals surface area contributed by atoms with Crippen LogP contribution in [0.3, 0.4) is 0 Å². The number of hydrogen-bond donors (Lipinski definition) is 4. The van der Waals surface area contributed by atoms with Crippen molar-refractivity contribution in [2.45, 2.75) is 58.2 Å². The van der Waals surface area contributed by atoms with Gasteiger partial charge in [0.05, 0.1) is 12.1 Å². The topological polar surface area (TPSA) is 102 Å². The second kappa shape index (κ2) is 15.0. The molecular weight excluding hydrogens is 490 g/mol. The van der Waals surface area contributed by atoms with Crippen molar-refractivity contribution in [1.82, 2.24) is 15.5 Å². The lowest BCUT2D eigenvalue weighted by Gasteiger charge is -2.26. The van der Waals surface area contributed by atoms with E-state index in [2.05, 4.69) is 10.6 Å². The number of rotatable bonds is 14. The molecule has 7 heteroatoms. The number of carbonyl (C=O) groups is 2. The van der Waals surface area contributed by atoms with E-state index >= 15 is 0 Å². The van der Waals surface area contributed by atoms with Crippen LogP contribution in [0.15, 0.2) is 78.9 Å². The zero-order valence-corrected chi connectivity index (χ0v) is 23.1. The van der Waals surface area contributed by atoms with E-state index in [4.69, 9.17) is 0 Å². The number of carbonyl (C=O) groups excluding carboxylic acids is 2. The summed E-state index contributed by atoms with van der Waals surface area (Å²) in [6.45, 7) is 7.65. The summed E-state index contributed by atoms with van der Waals surface area (Å²) in [6.07, 6.45) is 1.31. The first kappa shape index (κ1) is 29.9. The molecule has 3 aromatic rings. The number of amides is 2. The van der Waals surface area contributed by atoms with Crippen LogP contribution in [0.1, 0.15) is 71.5 Å². The van der Waals surface area contributed by atoms with E-state index in [1.165, 1.54) is 0 Å². The second-order valence-corrected chi connectivity index (χ2v) is 9.93. The number of aromatic hydroxyl groups is 1. The van der Waals surface area contributed by atoms with Crippen LogP contribution in [0.25, 0.3) is 0 Å². The van der Waals surface area contributed by atoms with Crippen LogP contribution in [0.2, 0.25) is 0 Å². The van der Waals surface area contributed by atoms with Crippen molar-refractivity contribution in [3.8, 4) is 5.75 Å². The molecule has 0 spiro atoms. The zero-order chi connectivity index (χ0) is 28.2. The fraction of sp³-hybridized carbons (Fsp3) is 0.375. The maximum atomic E-state index is 13.3. The first-order valence-corrected chi connectivity index (χ1v) is 13.8. The molecule has 0 aliphatic rings. The maximum Gasteiger partial charge on any atom is 0.253 e. The molecule has 0 bridgehead atoms. The van der Waals surface area contributed by atoms with Crippen molar-refractivity contribution in [3.63, 3.8) is 0 Å². The van der Waals surface area contributed by atoms with Gasteiger partial charge in [-0.25, -0.2) is 0 Å². The SMILES string of the molecule is CCCN(CCC)C(=O)c1cccc(C(=O)N[C@@H](Cc2ccccc2)[C@H](O)CNC(C)c2ccc(O)cc2)c1. The van der Waals surface area contributed by atoms with Crippen molar-refractivity contribution in [3.05, 3.63) is 101 Å². The van der Waals surface area contributed by atoms with Gasteiger partial charge in [0.25, 0.3) is 11.8 Å². The zero-order valence-electron chi connectivity index (χ0n) is 23.1. The second-order valence-electron chi connectivity index (χ2n) is 9.93. The number of aliphatic hydroxyl groups is 1. The molecule has 0 fully saturated rings.